The molecule has 2 heterocycles. The second-order valence-electron chi connectivity index (χ2n) is 6.94. The summed E-state index contributed by atoms with van der Waals surface area (Å²) in [5, 5.41) is 10.4. The van der Waals surface area contributed by atoms with E-state index in [-0.39, 0.29) is 11.2 Å². The van der Waals surface area contributed by atoms with Crippen LogP contribution in [0.15, 0.2) is 65.8 Å². The molecule has 2 aromatic heterocycles. The topological polar surface area (TPSA) is 50.5 Å². The Morgan fingerprint density at radius 1 is 1.03 bits per heavy atom. The average Bonchev–Trinajstić information content (AvgIpc) is 3.16. The van der Waals surface area contributed by atoms with E-state index in [1.807, 2.05) is 67.3 Å². The molecule has 0 fully saturated rings. The molecule has 0 aliphatic carbocycles. The summed E-state index contributed by atoms with van der Waals surface area (Å²) >= 11 is 1.46. The van der Waals surface area contributed by atoms with Gasteiger partial charge >= 0.3 is 0 Å². The highest BCUT2D eigenvalue weighted by Crippen LogP contribution is 2.37. The molecule has 0 saturated heterocycles. The van der Waals surface area contributed by atoms with Crippen LogP contribution in [0.2, 0.25) is 0 Å². The number of thioether (sulfide) groups is 1. The summed E-state index contributed by atoms with van der Waals surface area (Å²) in [5.74, 6) is 0.0966. The zero-order valence-electron chi connectivity index (χ0n) is 16.9. The molecule has 2 aromatic carbocycles. The van der Waals surface area contributed by atoms with E-state index in [1.54, 1.807) is 0 Å². The zero-order valence-corrected chi connectivity index (χ0v) is 17.7. The van der Waals surface area contributed by atoms with E-state index in [0.717, 1.165) is 32.8 Å². The molecular formula is C23H24N4OS. The first-order chi connectivity index (χ1) is 14.1. The number of carbonyl (C=O) groups is 1. The fourth-order valence-electron chi connectivity index (χ4n) is 3.65. The summed E-state index contributed by atoms with van der Waals surface area (Å²) in [6, 6.07) is 20.2. The number of para-hydroxylation sites is 1. The Labute approximate surface area is 174 Å². The third-order valence-electron chi connectivity index (χ3n) is 5.20. The number of hydrogen-bond donors (Lipinski definition) is 0. The quantitative estimate of drug-likeness (QED) is 0.429. The minimum atomic E-state index is -0.372. The number of likely N-dealkylation sites (N-methyl/N-ethyl adjacent to an activating group) is 1. The van der Waals surface area contributed by atoms with E-state index in [2.05, 4.69) is 33.7 Å². The standard InChI is InChI=1S/C23H24N4OS/c1-4-26(5-2)22(28)21(17-11-7-6-8-12-17)29-23-25-24-20-15-16(3)18-13-9-10-14-19(18)27(20)23/h6-15,21H,4-5H2,1-3H3/t21-/m0/s1. The average molecular weight is 405 g/mol. The monoisotopic (exact) mass is 404 g/mol. The van der Waals surface area contributed by atoms with Gasteiger partial charge in [0.05, 0.1) is 5.52 Å². The number of hydrogen-bond acceptors (Lipinski definition) is 4. The Hall–Kier alpha value is -2.86. The van der Waals surface area contributed by atoms with Crippen molar-refractivity contribution in [3.8, 4) is 0 Å². The summed E-state index contributed by atoms with van der Waals surface area (Å²) < 4.78 is 2.05. The molecule has 6 heteroatoms. The molecule has 0 radical (unpaired) electrons. The third kappa shape index (κ3) is 3.60. The summed E-state index contributed by atoms with van der Waals surface area (Å²) in [5.41, 5.74) is 3.99. The molecule has 0 bridgehead atoms. The number of fused-ring (bicyclic) bond motifs is 3. The SMILES string of the molecule is CCN(CC)C(=O)[C@@H](Sc1nnc2cc(C)c3ccccc3n12)c1ccccc1. The summed E-state index contributed by atoms with van der Waals surface area (Å²) in [4.78, 5) is 15.2. The molecule has 0 aliphatic rings. The van der Waals surface area contributed by atoms with Crippen LogP contribution in [0.4, 0.5) is 0 Å². The number of carbonyl (C=O) groups excluding carboxylic acids is 1. The van der Waals surface area contributed by atoms with E-state index in [0.29, 0.717) is 13.1 Å². The van der Waals surface area contributed by atoms with Crippen molar-refractivity contribution in [2.45, 2.75) is 31.2 Å². The molecule has 5 nitrogen and oxygen atoms in total. The van der Waals surface area contributed by atoms with Crippen LogP contribution in [0.3, 0.4) is 0 Å². The molecule has 29 heavy (non-hydrogen) atoms. The van der Waals surface area contributed by atoms with E-state index in [4.69, 9.17) is 0 Å². The van der Waals surface area contributed by atoms with Crippen LogP contribution < -0.4 is 0 Å². The van der Waals surface area contributed by atoms with Gasteiger partial charge in [-0.25, -0.2) is 0 Å². The highest BCUT2D eigenvalue weighted by atomic mass is 32.2. The predicted molar refractivity (Wildman–Crippen MR) is 118 cm³/mol. The molecule has 0 N–H and O–H groups in total. The van der Waals surface area contributed by atoms with Gasteiger partial charge in [0.1, 0.15) is 5.25 Å². The molecule has 148 valence electrons. The first-order valence-electron chi connectivity index (χ1n) is 9.87. The van der Waals surface area contributed by atoms with Gasteiger partial charge in [-0.05, 0) is 44.0 Å². The largest absolute Gasteiger partial charge is 0.342 e. The van der Waals surface area contributed by atoms with Gasteiger partial charge in [0.2, 0.25) is 5.91 Å². The van der Waals surface area contributed by atoms with Crippen LogP contribution in [-0.4, -0.2) is 38.5 Å². The minimum Gasteiger partial charge on any atom is -0.342 e. The van der Waals surface area contributed by atoms with E-state index in [9.17, 15) is 4.79 Å². The van der Waals surface area contributed by atoms with Gasteiger partial charge < -0.3 is 4.90 Å². The molecule has 0 aliphatic heterocycles. The van der Waals surface area contributed by atoms with Gasteiger partial charge in [0, 0.05) is 18.5 Å². The van der Waals surface area contributed by atoms with Gasteiger partial charge in [-0.15, -0.1) is 10.2 Å². The number of rotatable bonds is 6. The van der Waals surface area contributed by atoms with Crippen molar-refractivity contribution in [2.24, 2.45) is 0 Å². The molecule has 0 saturated carbocycles. The van der Waals surface area contributed by atoms with Crippen molar-refractivity contribution in [2.75, 3.05) is 13.1 Å². The highest BCUT2D eigenvalue weighted by molar-refractivity contribution is 8.00. The first-order valence-corrected chi connectivity index (χ1v) is 10.8. The second kappa shape index (κ2) is 8.25. The van der Waals surface area contributed by atoms with Crippen molar-refractivity contribution in [3.05, 3.63) is 71.8 Å². The number of aromatic nitrogens is 3. The van der Waals surface area contributed by atoms with Gasteiger partial charge in [0.25, 0.3) is 0 Å². The van der Waals surface area contributed by atoms with Crippen LogP contribution in [0.1, 0.15) is 30.2 Å². The maximum absolute atomic E-state index is 13.3. The fraction of sp³-hybridized carbons (Fsp3) is 0.261. The highest BCUT2D eigenvalue weighted by Gasteiger charge is 2.28. The molecular weight excluding hydrogens is 380 g/mol. The third-order valence-corrected chi connectivity index (χ3v) is 6.38. The second-order valence-corrected chi connectivity index (χ2v) is 8.01. The maximum Gasteiger partial charge on any atom is 0.240 e. The fourth-order valence-corrected chi connectivity index (χ4v) is 4.79. The van der Waals surface area contributed by atoms with Crippen LogP contribution in [0.25, 0.3) is 16.6 Å². The van der Waals surface area contributed by atoms with Crippen molar-refractivity contribution < 1.29 is 4.79 Å². The number of aryl methyl sites for hydroxylation is 1. The Morgan fingerprint density at radius 3 is 2.45 bits per heavy atom. The van der Waals surface area contributed by atoms with Crippen molar-refractivity contribution >= 4 is 34.2 Å². The van der Waals surface area contributed by atoms with Crippen LogP contribution >= 0.6 is 11.8 Å². The Kier molecular flexibility index (Phi) is 5.53. The predicted octanol–water partition coefficient (Wildman–Crippen LogP) is 4.89. The number of pyridine rings is 1. The normalized spacial score (nSPS) is 12.4. The summed E-state index contributed by atoms with van der Waals surface area (Å²) in [6.45, 7) is 7.47. The smallest absolute Gasteiger partial charge is 0.240 e. The van der Waals surface area contributed by atoms with Crippen molar-refractivity contribution in [1.82, 2.24) is 19.5 Å². The van der Waals surface area contributed by atoms with E-state index >= 15 is 0 Å². The first kappa shape index (κ1) is 19.5. The van der Waals surface area contributed by atoms with Crippen LogP contribution in [0, 0.1) is 6.92 Å². The summed E-state index contributed by atoms with van der Waals surface area (Å²) in [7, 11) is 0. The number of benzene rings is 2. The number of amides is 1. The Morgan fingerprint density at radius 2 is 1.72 bits per heavy atom. The van der Waals surface area contributed by atoms with Crippen molar-refractivity contribution in [3.63, 3.8) is 0 Å². The van der Waals surface area contributed by atoms with E-state index in [1.165, 1.54) is 11.8 Å². The zero-order chi connectivity index (χ0) is 20.4. The molecule has 0 spiro atoms. The molecule has 1 amide bonds. The maximum atomic E-state index is 13.3. The Balaban J connectivity index is 1.83. The Bertz CT molecular complexity index is 1150. The lowest BCUT2D eigenvalue weighted by atomic mass is 10.1. The lowest BCUT2D eigenvalue weighted by molar-refractivity contribution is -0.130. The van der Waals surface area contributed by atoms with Crippen LogP contribution in [-0.2, 0) is 4.79 Å². The van der Waals surface area contributed by atoms with Gasteiger partial charge in [-0.3, -0.25) is 9.20 Å². The lowest BCUT2D eigenvalue weighted by Gasteiger charge is -2.24. The van der Waals surface area contributed by atoms with Gasteiger partial charge in [-0.2, -0.15) is 0 Å². The molecule has 4 rings (SSSR count). The van der Waals surface area contributed by atoms with Gasteiger partial charge in [-0.1, -0.05) is 60.3 Å². The van der Waals surface area contributed by atoms with Crippen molar-refractivity contribution in [1.29, 1.82) is 0 Å². The van der Waals surface area contributed by atoms with Gasteiger partial charge in [0.15, 0.2) is 10.8 Å². The molecule has 1 atom stereocenters. The molecule has 0 unspecified atom stereocenters. The number of nitrogens with zero attached hydrogens (tertiary/aromatic N) is 4. The van der Waals surface area contributed by atoms with E-state index < -0.39 is 0 Å². The minimum absolute atomic E-state index is 0.0966. The summed E-state index contributed by atoms with van der Waals surface area (Å²) in [6.07, 6.45) is 0. The molecule has 4 aromatic rings. The lowest BCUT2D eigenvalue weighted by Crippen LogP contribution is -2.33. The van der Waals surface area contributed by atoms with Crippen LogP contribution in [0.5, 0.6) is 0 Å².